The van der Waals surface area contributed by atoms with E-state index in [0.29, 0.717) is 5.69 Å². The maximum absolute atomic E-state index is 12.9. The summed E-state index contributed by atoms with van der Waals surface area (Å²) in [7, 11) is 0. The zero-order valence-corrected chi connectivity index (χ0v) is 17.7. The Labute approximate surface area is 190 Å². The first kappa shape index (κ1) is 20.3. The van der Waals surface area contributed by atoms with E-state index in [2.05, 4.69) is 25.6 Å². The average Bonchev–Trinajstić information content (AvgIpc) is 3.29. The van der Waals surface area contributed by atoms with E-state index in [9.17, 15) is 4.79 Å². The lowest BCUT2D eigenvalue weighted by atomic mass is 10.1. The predicted octanol–water partition coefficient (Wildman–Crippen LogP) is 4.57. The normalized spacial score (nSPS) is 10.7. The van der Waals surface area contributed by atoms with Crippen molar-refractivity contribution < 1.29 is 4.79 Å². The van der Waals surface area contributed by atoms with Crippen LogP contribution in [0.2, 0.25) is 0 Å². The van der Waals surface area contributed by atoms with Crippen LogP contribution in [0.3, 0.4) is 0 Å². The van der Waals surface area contributed by atoms with Crippen molar-refractivity contribution in [3.05, 3.63) is 109 Å². The number of anilines is 1. The molecule has 0 saturated carbocycles. The van der Waals surface area contributed by atoms with Crippen LogP contribution in [0.4, 0.5) is 5.69 Å². The van der Waals surface area contributed by atoms with Crippen LogP contribution in [-0.2, 0) is 11.2 Å². The lowest BCUT2D eigenvalue weighted by molar-refractivity contribution is -0.115. The van der Waals surface area contributed by atoms with Crippen LogP contribution in [-0.4, -0.2) is 30.9 Å². The molecule has 0 bridgehead atoms. The molecule has 33 heavy (non-hydrogen) atoms. The number of benzene rings is 2. The topological polar surface area (TPSA) is 85.6 Å². The summed E-state index contributed by atoms with van der Waals surface area (Å²) in [5, 5.41) is 11.6. The highest BCUT2D eigenvalue weighted by Gasteiger charge is 2.19. The number of hydrogen-bond donors (Lipinski definition) is 1. The van der Waals surface area contributed by atoms with Crippen LogP contribution >= 0.6 is 0 Å². The Morgan fingerprint density at radius 2 is 1.52 bits per heavy atom. The van der Waals surface area contributed by atoms with Gasteiger partial charge in [-0.25, -0.2) is 4.68 Å². The number of pyridine rings is 2. The van der Waals surface area contributed by atoms with Gasteiger partial charge in [0.05, 0.1) is 17.8 Å². The Morgan fingerprint density at radius 3 is 2.24 bits per heavy atom. The summed E-state index contributed by atoms with van der Waals surface area (Å²) in [6, 6.07) is 25.1. The van der Waals surface area contributed by atoms with E-state index in [0.717, 1.165) is 33.8 Å². The maximum Gasteiger partial charge on any atom is 0.230 e. The quantitative estimate of drug-likeness (QED) is 0.425. The van der Waals surface area contributed by atoms with E-state index >= 15 is 0 Å². The second kappa shape index (κ2) is 9.23. The van der Waals surface area contributed by atoms with Gasteiger partial charge >= 0.3 is 0 Å². The summed E-state index contributed by atoms with van der Waals surface area (Å²) in [6.07, 6.45) is 7.05. The van der Waals surface area contributed by atoms with E-state index in [4.69, 9.17) is 0 Å². The van der Waals surface area contributed by atoms with E-state index in [1.165, 1.54) is 0 Å². The molecule has 5 aromatic rings. The molecule has 7 heteroatoms. The molecule has 0 aliphatic heterocycles. The van der Waals surface area contributed by atoms with Gasteiger partial charge < -0.3 is 5.32 Å². The standard InChI is InChI=1S/C26H20N6O/c33-25(29-22-10-8-19(9-11-22)21-7-4-14-28-18-21)17-24-26(20-5-2-1-3-6-20)32(31-30-24)23-12-15-27-16-13-23/h1-16,18H,17H2,(H,29,33). The van der Waals surface area contributed by atoms with Gasteiger partial charge in [-0.15, -0.1) is 5.10 Å². The van der Waals surface area contributed by atoms with Gasteiger partial charge in [0.2, 0.25) is 5.91 Å². The van der Waals surface area contributed by atoms with Crippen molar-refractivity contribution in [2.45, 2.75) is 6.42 Å². The van der Waals surface area contributed by atoms with Gasteiger partial charge in [0, 0.05) is 36.0 Å². The summed E-state index contributed by atoms with van der Waals surface area (Å²) < 4.78 is 1.74. The summed E-state index contributed by atoms with van der Waals surface area (Å²) in [5.74, 6) is -0.164. The van der Waals surface area contributed by atoms with Crippen LogP contribution in [0.25, 0.3) is 28.1 Å². The van der Waals surface area contributed by atoms with Crippen LogP contribution in [0.15, 0.2) is 104 Å². The van der Waals surface area contributed by atoms with Crippen molar-refractivity contribution in [1.82, 2.24) is 25.0 Å². The fraction of sp³-hybridized carbons (Fsp3) is 0.0385. The SMILES string of the molecule is O=C(Cc1nnn(-c2ccncc2)c1-c1ccccc1)Nc1ccc(-c2cccnc2)cc1. The minimum absolute atomic E-state index is 0.0969. The highest BCUT2D eigenvalue weighted by atomic mass is 16.1. The number of nitrogens with zero attached hydrogens (tertiary/aromatic N) is 5. The van der Waals surface area contributed by atoms with Gasteiger partial charge in [-0.1, -0.05) is 53.7 Å². The molecule has 0 spiro atoms. The van der Waals surface area contributed by atoms with Crippen molar-refractivity contribution in [3.63, 3.8) is 0 Å². The smallest absolute Gasteiger partial charge is 0.230 e. The number of carbonyl (C=O) groups is 1. The number of carbonyl (C=O) groups excluding carboxylic acids is 1. The van der Waals surface area contributed by atoms with Crippen LogP contribution < -0.4 is 5.32 Å². The van der Waals surface area contributed by atoms with Crippen molar-refractivity contribution >= 4 is 11.6 Å². The molecule has 3 heterocycles. The predicted molar refractivity (Wildman–Crippen MR) is 127 cm³/mol. The maximum atomic E-state index is 12.9. The molecule has 2 aromatic carbocycles. The molecular weight excluding hydrogens is 412 g/mol. The summed E-state index contributed by atoms with van der Waals surface area (Å²) in [6.45, 7) is 0. The van der Waals surface area contributed by atoms with Gasteiger partial charge in [0.15, 0.2) is 0 Å². The second-order valence-electron chi connectivity index (χ2n) is 7.41. The Bertz CT molecular complexity index is 1350. The zero-order chi connectivity index (χ0) is 22.5. The van der Waals surface area contributed by atoms with Gasteiger partial charge in [-0.05, 0) is 41.5 Å². The van der Waals surface area contributed by atoms with Crippen LogP contribution in [0.5, 0.6) is 0 Å². The highest BCUT2D eigenvalue weighted by molar-refractivity contribution is 5.93. The fourth-order valence-electron chi connectivity index (χ4n) is 3.62. The first-order chi connectivity index (χ1) is 16.3. The Morgan fingerprint density at radius 1 is 0.758 bits per heavy atom. The van der Waals surface area contributed by atoms with Crippen molar-refractivity contribution in [3.8, 4) is 28.1 Å². The monoisotopic (exact) mass is 432 g/mol. The Balaban J connectivity index is 1.38. The van der Waals surface area contributed by atoms with E-state index in [1.54, 1.807) is 23.3 Å². The summed E-state index contributed by atoms with van der Waals surface area (Å²) >= 11 is 0. The molecule has 3 aromatic heterocycles. The largest absolute Gasteiger partial charge is 0.326 e. The van der Waals surface area contributed by atoms with Crippen LogP contribution in [0.1, 0.15) is 5.69 Å². The van der Waals surface area contributed by atoms with Gasteiger partial charge in [-0.3, -0.25) is 14.8 Å². The number of hydrogen-bond acceptors (Lipinski definition) is 5. The molecule has 0 aliphatic rings. The fourth-order valence-corrected chi connectivity index (χ4v) is 3.62. The summed E-state index contributed by atoms with van der Waals surface area (Å²) in [5.41, 5.74) is 5.92. The van der Waals surface area contributed by atoms with E-state index in [1.807, 2.05) is 85.1 Å². The van der Waals surface area contributed by atoms with Crippen molar-refractivity contribution in [2.24, 2.45) is 0 Å². The first-order valence-corrected chi connectivity index (χ1v) is 10.5. The second-order valence-corrected chi connectivity index (χ2v) is 7.41. The molecule has 0 saturated heterocycles. The van der Waals surface area contributed by atoms with Gasteiger partial charge in [0.1, 0.15) is 5.69 Å². The zero-order valence-electron chi connectivity index (χ0n) is 17.7. The number of rotatable bonds is 6. The lowest BCUT2D eigenvalue weighted by Crippen LogP contribution is -2.15. The molecule has 0 aliphatic carbocycles. The highest BCUT2D eigenvalue weighted by Crippen LogP contribution is 2.26. The minimum atomic E-state index is -0.164. The molecule has 0 fully saturated rings. The molecule has 0 atom stereocenters. The molecule has 7 nitrogen and oxygen atoms in total. The summed E-state index contributed by atoms with van der Waals surface area (Å²) in [4.78, 5) is 21.1. The molecule has 1 N–H and O–H groups in total. The molecule has 0 radical (unpaired) electrons. The van der Waals surface area contributed by atoms with Gasteiger partial charge in [0.25, 0.3) is 0 Å². The molecule has 1 amide bonds. The third-order valence-corrected chi connectivity index (χ3v) is 5.19. The average molecular weight is 432 g/mol. The number of nitrogens with one attached hydrogen (secondary N) is 1. The lowest BCUT2D eigenvalue weighted by Gasteiger charge is -2.09. The molecule has 5 rings (SSSR count). The number of aromatic nitrogens is 5. The third kappa shape index (κ3) is 4.52. The minimum Gasteiger partial charge on any atom is -0.326 e. The molecular formula is C26H20N6O. The Hall–Kier alpha value is -4.65. The third-order valence-electron chi connectivity index (χ3n) is 5.19. The van der Waals surface area contributed by atoms with Crippen LogP contribution in [0, 0.1) is 0 Å². The van der Waals surface area contributed by atoms with E-state index in [-0.39, 0.29) is 12.3 Å². The van der Waals surface area contributed by atoms with E-state index < -0.39 is 0 Å². The van der Waals surface area contributed by atoms with Crippen molar-refractivity contribution in [2.75, 3.05) is 5.32 Å². The molecule has 160 valence electrons. The first-order valence-electron chi connectivity index (χ1n) is 10.5. The molecule has 0 unspecified atom stereocenters. The number of amides is 1. The van der Waals surface area contributed by atoms with Crippen molar-refractivity contribution in [1.29, 1.82) is 0 Å². The van der Waals surface area contributed by atoms with Gasteiger partial charge in [-0.2, -0.15) is 0 Å². The Kier molecular flexibility index (Phi) is 5.67.